The van der Waals surface area contributed by atoms with Gasteiger partial charge in [-0.2, -0.15) is 0 Å². The molecule has 1 N–H and O–H groups in total. The van der Waals surface area contributed by atoms with Crippen molar-refractivity contribution in [3.63, 3.8) is 0 Å². The lowest BCUT2D eigenvalue weighted by atomic mass is 10.2. The van der Waals surface area contributed by atoms with Gasteiger partial charge in [0.25, 0.3) is 5.56 Å². The standard InChI is InChI=1S/C20H20ClN3O4S/c1-4-28-20(27)17-11(2)16-18(29-17)23-12(3)24(19(16)26)10-15(25)22-9-13-5-7-14(21)8-6-13/h5-8H,4,9-10H2,1-3H3,(H,22,25). The number of fused-ring (bicyclic) bond motifs is 1. The molecule has 9 heteroatoms. The molecule has 7 nitrogen and oxygen atoms in total. The first-order chi connectivity index (χ1) is 13.8. The van der Waals surface area contributed by atoms with E-state index in [-0.39, 0.29) is 24.6 Å². The zero-order chi connectivity index (χ0) is 21.1. The quantitative estimate of drug-likeness (QED) is 0.603. The van der Waals surface area contributed by atoms with Crippen LogP contribution in [0.15, 0.2) is 29.1 Å². The second-order valence-electron chi connectivity index (χ2n) is 6.41. The maximum atomic E-state index is 13.0. The third-order valence-electron chi connectivity index (χ3n) is 4.41. The van der Waals surface area contributed by atoms with Crippen LogP contribution in [0.3, 0.4) is 0 Å². The average Bonchev–Trinajstić information content (AvgIpc) is 3.01. The normalized spacial score (nSPS) is 10.9. The summed E-state index contributed by atoms with van der Waals surface area (Å²) in [7, 11) is 0. The fraction of sp³-hybridized carbons (Fsp3) is 0.300. The SMILES string of the molecule is CCOC(=O)c1sc2nc(C)n(CC(=O)NCc3ccc(Cl)cc3)c(=O)c2c1C. The predicted molar refractivity (Wildman–Crippen MR) is 113 cm³/mol. The maximum absolute atomic E-state index is 13.0. The van der Waals surface area contributed by atoms with Crippen LogP contribution in [0.2, 0.25) is 5.02 Å². The van der Waals surface area contributed by atoms with Crippen LogP contribution in [0.4, 0.5) is 0 Å². The van der Waals surface area contributed by atoms with Gasteiger partial charge < -0.3 is 10.1 Å². The van der Waals surface area contributed by atoms with Gasteiger partial charge in [-0.1, -0.05) is 23.7 Å². The summed E-state index contributed by atoms with van der Waals surface area (Å²) in [5, 5.41) is 3.75. The number of esters is 1. The predicted octanol–water partition coefficient (Wildman–Crippen LogP) is 3.22. The number of aryl methyl sites for hydroxylation is 2. The first-order valence-electron chi connectivity index (χ1n) is 9.00. The number of nitrogens with one attached hydrogen (secondary N) is 1. The molecule has 3 rings (SSSR count). The van der Waals surface area contributed by atoms with Crippen LogP contribution in [0.1, 0.15) is 33.5 Å². The van der Waals surface area contributed by atoms with Crippen molar-refractivity contribution in [1.29, 1.82) is 0 Å². The van der Waals surface area contributed by atoms with Gasteiger partial charge in [0.1, 0.15) is 22.1 Å². The van der Waals surface area contributed by atoms with Crippen LogP contribution in [0.5, 0.6) is 0 Å². The minimum atomic E-state index is -0.475. The van der Waals surface area contributed by atoms with Crippen LogP contribution in [-0.2, 0) is 22.6 Å². The van der Waals surface area contributed by atoms with Crippen LogP contribution in [0.25, 0.3) is 10.2 Å². The highest BCUT2D eigenvalue weighted by Gasteiger charge is 2.22. The summed E-state index contributed by atoms with van der Waals surface area (Å²) in [6.45, 7) is 5.48. The van der Waals surface area contributed by atoms with Gasteiger partial charge in [-0.3, -0.25) is 14.2 Å². The van der Waals surface area contributed by atoms with Gasteiger partial charge in [-0.05, 0) is 44.0 Å². The Balaban J connectivity index is 1.84. The van der Waals surface area contributed by atoms with E-state index >= 15 is 0 Å². The molecule has 0 atom stereocenters. The highest BCUT2D eigenvalue weighted by molar-refractivity contribution is 7.20. The van der Waals surface area contributed by atoms with E-state index in [1.54, 1.807) is 32.9 Å². The molecule has 0 saturated heterocycles. The van der Waals surface area contributed by atoms with Crippen molar-refractivity contribution in [2.24, 2.45) is 0 Å². The van der Waals surface area contributed by atoms with E-state index < -0.39 is 5.97 Å². The highest BCUT2D eigenvalue weighted by Crippen LogP contribution is 2.28. The number of aromatic nitrogens is 2. The van der Waals surface area contributed by atoms with Crippen molar-refractivity contribution in [1.82, 2.24) is 14.9 Å². The lowest BCUT2D eigenvalue weighted by Crippen LogP contribution is -2.33. The van der Waals surface area contributed by atoms with Crippen molar-refractivity contribution >= 4 is 45.0 Å². The number of hydrogen-bond acceptors (Lipinski definition) is 6. The van der Waals surface area contributed by atoms with Crippen molar-refractivity contribution in [3.05, 3.63) is 61.5 Å². The number of carbonyl (C=O) groups excluding carboxylic acids is 2. The molecule has 0 aliphatic heterocycles. The van der Waals surface area contributed by atoms with E-state index in [9.17, 15) is 14.4 Å². The van der Waals surface area contributed by atoms with E-state index in [1.807, 2.05) is 12.1 Å². The van der Waals surface area contributed by atoms with E-state index in [1.165, 1.54) is 4.57 Å². The molecule has 2 aromatic heterocycles. The molecule has 0 unspecified atom stereocenters. The topological polar surface area (TPSA) is 90.3 Å². The number of hydrogen-bond donors (Lipinski definition) is 1. The Kier molecular flexibility index (Phi) is 6.34. The fourth-order valence-corrected chi connectivity index (χ4v) is 4.14. The molecule has 3 aromatic rings. The Labute approximate surface area is 176 Å². The second-order valence-corrected chi connectivity index (χ2v) is 7.85. The Morgan fingerprint density at radius 2 is 1.93 bits per heavy atom. The number of benzene rings is 1. The van der Waals surface area contributed by atoms with Gasteiger partial charge in [-0.15, -0.1) is 11.3 Å². The zero-order valence-electron chi connectivity index (χ0n) is 16.2. The molecule has 0 fully saturated rings. The number of thiophene rings is 1. The van der Waals surface area contributed by atoms with Gasteiger partial charge in [0.05, 0.1) is 12.0 Å². The average molecular weight is 434 g/mol. The summed E-state index contributed by atoms with van der Waals surface area (Å²) < 4.78 is 6.36. The monoisotopic (exact) mass is 433 g/mol. The summed E-state index contributed by atoms with van der Waals surface area (Å²) in [5.74, 6) is -0.386. The molecule has 0 aliphatic carbocycles. The fourth-order valence-electron chi connectivity index (χ4n) is 2.90. The Hall–Kier alpha value is -2.71. The molecule has 152 valence electrons. The number of halogens is 1. The Morgan fingerprint density at radius 3 is 2.59 bits per heavy atom. The number of ether oxygens (including phenoxy) is 1. The molecule has 29 heavy (non-hydrogen) atoms. The van der Waals surface area contributed by atoms with E-state index in [0.29, 0.717) is 38.0 Å². The summed E-state index contributed by atoms with van der Waals surface area (Å²) in [5.41, 5.74) is 1.07. The van der Waals surface area contributed by atoms with E-state index in [4.69, 9.17) is 16.3 Å². The zero-order valence-corrected chi connectivity index (χ0v) is 17.8. The third-order valence-corrected chi connectivity index (χ3v) is 5.82. The van der Waals surface area contributed by atoms with E-state index in [0.717, 1.165) is 16.9 Å². The van der Waals surface area contributed by atoms with Crippen molar-refractivity contribution in [2.45, 2.75) is 33.9 Å². The van der Waals surface area contributed by atoms with Gasteiger partial charge in [0.15, 0.2) is 0 Å². The molecule has 1 amide bonds. The van der Waals surface area contributed by atoms with Gasteiger partial charge in [-0.25, -0.2) is 9.78 Å². The molecule has 0 aliphatic rings. The van der Waals surface area contributed by atoms with Gasteiger partial charge in [0.2, 0.25) is 5.91 Å². The summed E-state index contributed by atoms with van der Waals surface area (Å²) in [4.78, 5) is 42.7. The first-order valence-corrected chi connectivity index (χ1v) is 10.2. The van der Waals surface area contributed by atoms with Crippen molar-refractivity contribution in [3.8, 4) is 0 Å². The number of rotatable bonds is 6. The Morgan fingerprint density at radius 1 is 1.24 bits per heavy atom. The molecular formula is C20H20ClN3O4S. The molecule has 0 radical (unpaired) electrons. The number of nitrogens with zero attached hydrogens (tertiary/aromatic N) is 2. The molecule has 1 aromatic carbocycles. The van der Waals surface area contributed by atoms with Crippen LogP contribution >= 0.6 is 22.9 Å². The van der Waals surface area contributed by atoms with Gasteiger partial charge >= 0.3 is 5.97 Å². The summed E-state index contributed by atoms with van der Waals surface area (Å²) in [6.07, 6.45) is 0. The van der Waals surface area contributed by atoms with E-state index in [2.05, 4.69) is 10.3 Å². The largest absolute Gasteiger partial charge is 0.462 e. The van der Waals surface area contributed by atoms with Crippen LogP contribution < -0.4 is 10.9 Å². The maximum Gasteiger partial charge on any atom is 0.348 e. The molecule has 2 heterocycles. The third kappa shape index (κ3) is 4.49. The van der Waals surface area contributed by atoms with Crippen molar-refractivity contribution < 1.29 is 14.3 Å². The second kappa shape index (κ2) is 8.75. The smallest absolute Gasteiger partial charge is 0.348 e. The van der Waals surface area contributed by atoms with Gasteiger partial charge in [0, 0.05) is 11.6 Å². The first kappa shape index (κ1) is 21.0. The van der Waals surface area contributed by atoms with Crippen molar-refractivity contribution in [2.75, 3.05) is 6.61 Å². The molecule has 0 saturated carbocycles. The summed E-state index contributed by atoms with van der Waals surface area (Å²) >= 11 is 6.98. The summed E-state index contributed by atoms with van der Waals surface area (Å²) in [6, 6.07) is 7.13. The van der Waals surface area contributed by atoms with Crippen LogP contribution in [-0.4, -0.2) is 28.0 Å². The van der Waals surface area contributed by atoms with Crippen LogP contribution in [0, 0.1) is 13.8 Å². The molecule has 0 spiro atoms. The molecule has 0 bridgehead atoms. The lowest BCUT2D eigenvalue weighted by Gasteiger charge is -2.10. The minimum Gasteiger partial charge on any atom is -0.462 e. The Bertz CT molecular complexity index is 1140. The minimum absolute atomic E-state index is 0.161. The molecular weight excluding hydrogens is 414 g/mol. The number of amides is 1. The highest BCUT2D eigenvalue weighted by atomic mass is 35.5. The lowest BCUT2D eigenvalue weighted by molar-refractivity contribution is -0.121. The number of carbonyl (C=O) groups is 2.